The number of aliphatic hydroxyl groups excluding tert-OH is 1. The molecule has 244 valence electrons. The summed E-state index contributed by atoms with van der Waals surface area (Å²) in [6.07, 6.45) is -3.97. The summed E-state index contributed by atoms with van der Waals surface area (Å²) in [5, 5.41) is 15.8. The van der Waals surface area contributed by atoms with E-state index in [1.54, 1.807) is 9.58 Å². The van der Waals surface area contributed by atoms with Gasteiger partial charge in [-0.05, 0) is 19.1 Å². The van der Waals surface area contributed by atoms with E-state index in [-0.39, 0.29) is 42.2 Å². The van der Waals surface area contributed by atoms with Crippen LogP contribution in [-0.2, 0) is 50.0 Å². The second kappa shape index (κ2) is 13.6. The smallest absolute Gasteiger partial charge is 0.390 e. The van der Waals surface area contributed by atoms with Gasteiger partial charge in [0.25, 0.3) is 0 Å². The number of ether oxygens (including phenoxy) is 2. The van der Waals surface area contributed by atoms with Gasteiger partial charge in [-0.3, -0.25) is 14.4 Å². The van der Waals surface area contributed by atoms with E-state index < -0.39 is 27.9 Å². The average Bonchev–Trinajstić information content (AvgIpc) is 3.34. The van der Waals surface area contributed by atoms with Gasteiger partial charge in [-0.2, -0.15) is 22.6 Å². The molecule has 1 aromatic carbocycles. The van der Waals surface area contributed by atoms with Crippen molar-refractivity contribution >= 4 is 27.7 Å². The van der Waals surface area contributed by atoms with Gasteiger partial charge >= 0.3 is 6.18 Å². The maximum absolute atomic E-state index is 14.0. The lowest BCUT2D eigenvalue weighted by Crippen LogP contribution is -2.47. The Morgan fingerprint density at radius 2 is 1.86 bits per heavy atom. The SMILES string of the molecule is C[C@H]1COCCN1CC(O)Cn1nc(-c2ccc(C(F)(F)F)c(SCC(=O)N3CCOCC3)c2)c2c1CCN(S(C)(=O)=O)C2. The van der Waals surface area contributed by atoms with E-state index in [0.717, 1.165) is 29.8 Å². The number of carbonyl (C=O) groups excluding carboxylic acids is 1. The number of sulfonamides is 1. The van der Waals surface area contributed by atoms with Crippen LogP contribution in [0.1, 0.15) is 23.7 Å². The van der Waals surface area contributed by atoms with Crippen LogP contribution in [0.4, 0.5) is 13.2 Å². The third kappa shape index (κ3) is 7.77. The van der Waals surface area contributed by atoms with Crippen molar-refractivity contribution in [2.24, 2.45) is 0 Å². The minimum atomic E-state index is -4.64. The normalized spacial score (nSPS) is 21.3. The standard InChI is InChI=1S/C28H38F3N5O6S2/c1-19-17-42-12-9-34(19)14-21(37)15-36-24-5-6-35(44(2,39)40)16-22(24)27(32-36)20-3-4-23(28(29,30)31)25(13-20)43-18-26(38)33-7-10-41-11-8-33/h3-4,13,19,21,37H,5-12,14-18H2,1-2H3/t19-,21?/m0/s1. The molecule has 0 bridgehead atoms. The molecular weight excluding hydrogens is 623 g/mol. The quantitative estimate of drug-likeness (QED) is 0.403. The number of fused-ring (bicyclic) bond motifs is 1. The molecule has 2 aromatic rings. The number of halogens is 3. The number of rotatable bonds is 9. The monoisotopic (exact) mass is 661 g/mol. The number of benzene rings is 1. The maximum Gasteiger partial charge on any atom is 0.417 e. The first-order chi connectivity index (χ1) is 20.8. The fraction of sp³-hybridized carbons (Fsp3) is 0.643. The number of alkyl halides is 3. The molecule has 0 radical (unpaired) electrons. The van der Waals surface area contributed by atoms with Gasteiger partial charge in [0.2, 0.25) is 15.9 Å². The van der Waals surface area contributed by atoms with Crippen LogP contribution in [0.2, 0.25) is 0 Å². The molecule has 2 fully saturated rings. The summed E-state index contributed by atoms with van der Waals surface area (Å²) in [5.41, 5.74) is 1.21. The van der Waals surface area contributed by atoms with Crippen molar-refractivity contribution in [3.8, 4) is 11.3 Å². The van der Waals surface area contributed by atoms with Crippen LogP contribution in [0, 0.1) is 0 Å². The number of amides is 1. The van der Waals surface area contributed by atoms with E-state index in [0.29, 0.717) is 75.8 Å². The molecule has 44 heavy (non-hydrogen) atoms. The molecule has 1 aromatic heterocycles. The first-order valence-corrected chi connectivity index (χ1v) is 17.4. The lowest BCUT2D eigenvalue weighted by molar-refractivity contribution is -0.139. The molecule has 0 spiro atoms. The van der Waals surface area contributed by atoms with Crippen molar-refractivity contribution in [2.75, 3.05) is 71.2 Å². The summed E-state index contributed by atoms with van der Waals surface area (Å²) in [6.45, 7) is 6.18. The molecule has 1 N–H and O–H groups in total. The third-order valence-corrected chi connectivity index (χ3v) is 10.5. The number of nitrogens with zero attached hydrogens (tertiary/aromatic N) is 5. The van der Waals surface area contributed by atoms with Crippen molar-refractivity contribution in [2.45, 2.75) is 49.7 Å². The highest BCUT2D eigenvalue weighted by Gasteiger charge is 2.35. The van der Waals surface area contributed by atoms with Gasteiger partial charge in [-0.1, -0.05) is 6.07 Å². The zero-order valence-corrected chi connectivity index (χ0v) is 26.4. The third-order valence-electron chi connectivity index (χ3n) is 8.18. The number of aliphatic hydroxyl groups is 1. The van der Waals surface area contributed by atoms with Crippen LogP contribution in [0.3, 0.4) is 0 Å². The maximum atomic E-state index is 14.0. The topological polar surface area (TPSA) is 117 Å². The minimum absolute atomic E-state index is 0.0130. The van der Waals surface area contributed by atoms with Gasteiger partial charge in [0, 0.05) is 73.4 Å². The first kappa shape index (κ1) is 33.2. The Morgan fingerprint density at radius 3 is 2.55 bits per heavy atom. The van der Waals surface area contributed by atoms with Crippen molar-refractivity contribution < 1.29 is 41.0 Å². The molecule has 1 amide bonds. The highest BCUT2D eigenvalue weighted by atomic mass is 32.2. The second-order valence-electron chi connectivity index (χ2n) is 11.4. The van der Waals surface area contributed by atoms with Crippen LogP contribution in [0.15, 0.2) is 23.1 Å². The first-order valence-electron chi connectivity index (χ1n) is 14.5. The van der Waals surface area contributed by atoms with Crippen molar-refractivity contribution in [1.82, 2.24) is 23.9 Å². The van der Waals surface area contributed by atoms with Gasteiger partial charge < -0.3 is 19.5 Å². The molecule has 0 aliphatic carbocycles. The van der Waals surface area contributed by atoms with Gasteiger partial charge in [0.05, 0.1) is 62.3 Å². The number of carbonyl (C=O) groups is 1. The Kier molecular flexibility index (Phi) is 10.3. The van der Waals surface area contributed by atoms with Crippen LogP contribution in [0.5, 0.6) is 0 Å². The molecule has 1 unspecified atom stereocenters. The van der Waals surface area contributed by atoms with Crippen LogP contribution < -0.4 is 0 Å². The van der Waals surface area contributed by atoms with Gasteiger partial charge in [-0.25, -0.2) is 8.42 Å². The molecule has 3 aliphatic rings. The molecule has 2 atom stereocenters. The number of morpholine rings is 2. The highest BCUT2D eigenvalue weighted by molar-refractivity contribution is 8.00. The van der Waals surface area contributed by atoms with Crippen LogP contribution in [0.25, 0.3) is 11.3 Å². The number of thioether (sulfide) groups is 1. The summed E-state index contributed by atoms with van der Waals surface area (Å²) in [5.74, 6) is -0.446. The van der Waals surface area contributed by atoms with E-state index in [2.05, 4.69) is 4.90 Å². The van der Waals surface area contributed by atoms with Crippen LogP contribution in [-0.4, -0.2) is 127 Å². The van der Waals surface area contributed by atoms with Gasteiger partial charge in [0.1, 0.15) is 0 Å². The highest BCUT2D eigenvalue weighted by Crippen LogP contribution is 2.40. The van der Waals surface area contributed by atoms with E-state index in [1.165, 1.54) is 16.4 Å². The lowest BCUT2D eigenvalue weighted by atomic mass is 10.0. The Hall–Kier alpha value is -2.21. The largest absolute Gasteiger partial charge is 0.417 e. The lowest BCUT2D eigenvalue weighted by Gasteiger charge is -2.34. The van der Waals surface area contributed by atoms with Gasteiger partial charge in [0.15, 0.2) is 0 Å². The summed E-state index contributed by atoms with van der Waals surface area (Å²) < 4.78 is 80.7. The van der Waals surface area contributed by atoms with E-state index in [1.807, 2.05) is 6.92 Å². The summed E-state index contributed by atoms with van der Waals surface area (Å²) in [7, 11) is -3.55. The molecule has 2 saturated heterocycles. The summed E-state index contributed by atoms with van der Waals surface area (Å²) >= 11 is 0.815. The fourth-order valence-electron chi connectivity index (χ4n) is 5.76. The molecule has 16 heteroatoms. The average molecular weight is 662 g/mol. The van der Waals surface area contributed by atoms with Crippen molar-refractivity contribution in [3.05, 3.63) is 35.0 Å². The Bertz CT molecular complexity index is 1450. The number of hydrogen-bond acceptors (Lipinski definition) is 9. The zero-order valence-electron chi connectivity index (χ0n) is 24.8. The summed E-state index contributed by atoms with van der Waals surface area (Å²) in [4.78, 5) is 16.3. The Morgan fingerprint density at radius 1 is 1.14 bits per heavy atom. The zero-order chi connectivity index (χ0) is 31.6. The number of hydrogen-bond donors (Lipinski definition) is 1. The Labute approximate surface area is 259 Å². The summed E-state index contributed by atoms with van der Waals surface area (Å²) in [6, 6.07) is 3.82. The molecular formula is C28H38F3N5O6S2. The Balaban J connectivity index is 1.46. The van der Waals surface area contributed by atoms with Crippen LogP contribution >= 0.6 is 11.8 Å². The molecule has 5 rings (SSSR count). The van der Waals surface area contributed by atoms with Crippen molar-refractivity contribution in [1.29, 1.82) is 0 Å². The fourth-order valence-corrected chi connectivity index (χ4v) is 7.56. The van der Waals surface area contributed by atoms with E-state index in [9.17, 15) is 31.5 Å². The molecule has 3 aliphatic heterocycles. The van der Waals surface area contributed by atoms with Gasteiger partial charge in [-0.15, -0.1) is 11.8 Å². The molecule has 4 heterocycles. The van der Waals surface area contributed by atoms with E-state index in [4.69, 9.17) is 14.6 Å². The number of β-amino-alcohol motifs (C(OH)–C–C–N with tert-alkyl or cyclic N) is 1. The predicted octanol–water partition coefficient (Wildman–Crippen LogP) is 1.92. The van der Waals surface area contributed by atoms with E-state index >= 15 is 0 Å². The number of aromatic nitrogens is 2. The molecule has 11 nitrogen and oxygen atoms in total. The second-order valence-corrected chi connectivity index (χ2v) is 14.4. The molecule has 0 saturated carbocycles. The minimum Gasteiger partial charge on any atom is -0.390 e. The van der Waals surface area contributed by atoms with Crippen molar-refractivity contribution in [3.63, 3.8) is 0 Å². The predicted molar refractivity (Wildman–Crippen MR) is 158 cm³/mol.